The first-order chi connectivity index (χ1) is 27.6. The summed E-state index contributed by atoms with van der Waals surface area (Å²) in [6.07, 6.45) is 8.12. The molecule has 0 saturated carbocycles. The zero-order chi connectivity index (χ0) is 39.8. The summed E-state index contributed by atoms with van der Waals surface area (Å²) in [4.78, 5) is 53.3. The van der Waals surface area contributed by atoms with Gasteiger partial charge in [-0.2, -0.15) is 10.2 Å². The molecule has 8 rings (SSSR count). The van der Waals surface area contributed by atoms with Crippen LogP contribution >= 0.6 is 0 Å². The Morgan fingerprint density at radius 2 is 1.72 bits per heavy atom. The lowest BCUT2D eigenvalue weighted by molar-refractivity contribution is -0.140. The number of alkyl halides is 2. The van der Waals surface area contributed by atoms with Gasteiger partial charge in [0.05, 0.1) is 30.5 Å². The minimum Gasteiger partial charge on any atom is -0.478 e. The number of carbonyl (C=O) groups excluding carboxylic acids is 2. The zero-order valence-corrected chi connectivity index (χ0v) is 32.1. The molecule has 3 amide bonds. The molecule has 4 aromatic rings. The summed E-state index contributed by atoms with van der Waals surface area (Å²) in [5, 5.41) is 21.3. The van der Waals surface area contributed by atoms with Gasteiger partial charge < -0.3 is 34.8 Å². The highest BCUT2D eigenvalue weighted by Crippen LogP contribution is 2.43. The summed E-state index contributed by atoms with van der Waals surface area (Å²) in [5.74, 6) is 0.0377. The average Bonchev–Trinajstić information content (AvgIpc) is 3.85. The van der Waals surface area contributed by atoms with Gasteiger partial charge >= 0.3 is 12.0 Å². The molecule has 2 N–H and O–H groups in total. The molecule has 2 fully saturated rings. The van der Waals surface area contributed by atoms with E-state index in [1.807, 2.05) is 15.9 Å². The maximum Gasteiger partial charge on any atom is 0.338 e. The number of nitrogens with one attached hydrogen (secondary N) is 1. The number of likely N-dealkylation sites (tertiary alicyclic amines) is 1. The molecular weight excluding hydrogens is 740 g/mol. The summed E-state index contributed by atoms with van der Waals surface area (Å²) < 4.78 is 39.1. The third kappa shape index (κ3) is 7.74. The number of aryl methyl sites for hydroxylation is 2. The van der Waals surface area contributed by atoms with E-state index in [0.29, 0.717) is 106 Å². The van der Waals surface area contributed by atoms with Gasteiger partial charge in [-0.3, -0.25) is 14.2 Å². The lowest BCUT2D eigenvalue weighted by Gasteiger charge is -2.35. The third-order valence-electron chi connectivity index (χ3n) is 11.7. The van der Waals surface area contributed by atoms with E-state index in [1.165, 1.54) is 12.4 Å². The highest BCUT2D eigenvalue weighted by Gasteiger charge is 2.36. The maximum atomic E-state index is 14.7. The number of amides is 3. The average molecular weight is 788 g/mol. The van der Waals surface area contributed by atoms with E-state index in [2.05, 4.69) is 30.0 Å². The fraction of sp³-hybridized carbons (Fsp3) is 0.513. The molecule has 57 heavy (non-hydrogen) atoms. The second kappa shape index (κ2) is 16.1. The largest absolute Gasteiger partial charge is 0.478 e. The van der Waals surface area contributed by atoms with Gasteiger partial charge in [0, 0.05) is 106 Å². The Bertz CT molecular complexity index is 2120. The Balaban J connectivity index is 0.953. The van der Waals surface area contributed by atoms with Gasteiger partial charge in [-0.15, -0.1) is 0 Å². The van der Waals surface area contributed by atoms with Gasteiger partial charge in [-0.05, 0) is 61.8 Å². The minimum absolute atomic E-state index is 0.00669. The second-order valence-corrected chi connectivity index (χ2v) is 15.1. The molecule has 4 aliphatic heterocycles. The topological polar surface area (TPSA) is 167 Å². The molecule has 4 aliphatic rings. The number of anilines is 3. The smallest absolute Gasteiger partial charge is 0.338 e. The van der Waals surface area contributed by atoms with Gasteiger partial charge in [-0.1, -0.05) is 0 Å². The normalized spacial score (nSPS) is 17.8. The van der Waals surface area contributed by atoms with E-state index in [4.69, 9.17) is 14.9 Å². The van der Waals surface area contributed by atoms with Crippen molar-refractivity contribution in [3.63, 3.8) is 0 Å². The van der Waals surface area contributed by atoms with Gasteiger partial charge in [0.1, 0.15) is 6.61 Å². The molecule has 0 unspecified atom stereocenters. The quantitative estimate of drug-likeness (QED) is 0.248. The van der Waals surface area contributed by atoms with Crippen molar-refractivity contribution >= 4 is 35.4 Å². The summed E-state index contributed by atoms with van der Waals surface area (Å²) in [5.41, 5.74) is 4.75. The molecule has 0 bridgehead atoms. The van der Waals surface area contributed by atoms with Crippen LogP contribution in [0.3, 0.4) is 0 Å². The maximum absolute atomic E-state index is 14.7. The predicted octanol–water partition coefficient (Wildman–Crippen LogP) is 4.34. The molecule has 0 atom stereocenters. The number of aromatic carboxylic acids is 1. The molecule has 3 aromatic heterocycles. The number of ether oxygens (including phenoxy) is 1. The molecular formula is C39H47F2N11O5. The number of rotatable bonds is 9. The van der Waals surface area contributed by atoms with Crippen LogP contribution in [0.15, 0.2) is 36.9 Å². The van der Waals surface area contributed by atoms with Crippen molar-refractivity contribution in [2.45, 2.75) is 70.1 Å². The van der Waals surface area contributed by atoms with Crippen LogP contribution in [0.2, 0.25) is 0 Å². The van der Waals surface area contributed by atoms with Crippen molar-refractivity contribution in [1.29, 1.82) is 0 Å². The number of aromatic nitrogens is 6. The van der Waals surface area contributed by atoms with Crippen LogP contribution in [0.4, 0.5) is 31.0 Å². The van der Waals surface area contributed by atoms with E-state index < -0.39 is 12.4 Å². The van der Waals surface area contributed by atoms with E-state index in [9.17, 15) is 23.2 Å². The van der Waals surface area contributed by atoms with Crippen molar-refractivity contribution in [1.82, 2.24) is 44.6 Å². The third-order valence-corrected chi connectivity index (χ3v) is 11.7. The number of carboxylic acid groups (broad SMARTS) is 1. The van der Waals surface area contributed by atoms with Crippen LogP contribution in [-0.4, -0.2) is 121 Å². The van der Waals surface area contributed by atoms with E-state index in [1.54, 1.807) is 42.1 Å². The molecule has 0 aliphatic carbocycles. The number of hydrogen-bond donors (Lipinski definition) is 2. The molecule has 16 nitrogen and oxygen atoms in total. The monoisotopic (exact) mass is 787 g/mol. The first kappa shape index (κ1) is 38.2. The summed E-state index contributed by atoms with van der Waals surface area (Å²) >= 11 is 0. The van der Waals surface area contributed by atoms with Crippen molar-refractivity contribution < 1.29 is 33.0 Å². The number of piperidine rings is 2. The van der Waals surface area contributed by atoms with E-state index in [-0.39, 0.29) is 41.8 Å². The molecule has 0 spiro atoms. The molecule has 302 valence electrons. The van der Waals surface area contributed by atoms with Crippen LogP contribution in [-0.2, 0) is 36.0 Å². The van der Waals surface area contributed by atoms with Crippen LogP contribution in [0, 0.1) is 0 Å². The zero-order valence-electron chi connectivity index (χ0n) is 32.1. The molecule has 1 aromatic carbocycles. The Morgan fingerprint density at radius 1 is 0.965 bits per heavy atom. The fourth-order valence-corrected chi connectivity index (χ4v) is 8.60. The number of halogens is 2. The Hall–Kier alpha value is -5.65. The van der Waals surface area contributed by atoms with Crippen molar-refractivity contribution in [3.05, 3.63) is 64.9 Å². The SMILES string of the molecule is CNC(=O)N1CCc2c(c(N3CCCc4cc(-c5cnn(C)c5)c(C(F)F)cc43)nn2C2CCN(C(=O)COC3CCN(c4ncc(C(=O)O)cn4)CC3)CC2)C1. The van der Waals surface area contributed by atoms with Gasteiger partial charge in [0.25, 0.3) is 6.43 Å². The van der Waals surface area contributed by atoms with E-state index in [0.717, 1.165) is 29.7 Å². The number of urea groups is 1. The lowest BCUT2D eigenvalue weighted by atomic mass is 9.92. The van der Waals surface area contributed by atoms with Crippen molar-refractivity contribution in [2.24, 2.45) is 7.05 Å². The lowest BCUT2D eigenvalue weighted by Crippen LogP contribution is -2.44. The number of hydrogen-bond acceptors (Lipinski definition) is 10. The number of fused-ring (bicyclic) bond motifs is 2. The minimum atomic E-state index is -2.69. The van der Waals surface area contributed by atoms with Gasteiger partial charge in [0.2, 0.25) is 11.9 Å². The van der Waals surface area contributed by atoms with Gasteiger partial charge in [0.15, 0.2) is 5.82 Å². The standard InChI is InChI=1S/C39H47F2N11O5/c1-42-39(56)50-15-9-32-31(22-50)36(51-10-3-4-24-16-29(26-20-45-47(2)21-26)30(35(40)41)17-33(24)51)46-52(32)27-5-11-48(12-6-27)34(53)23-57-28-7-13-49(14-8-28)38-43-18-25(19-44-38)37(54)55/h16-21,27-28,35H,3-15,22-23H2,1-2H3,(H,42,56)(H,54,55). The number of nitrogens with zero attached hydrogens (tertiary/aromatic N) is 10. The Kier molecular flexibility index (Phi) is 10.8. The first-order valence-electron chi connectivity index (χ1n) is 19.6. The molecule has 0 radical (unpaired) electrons. The summed E-state index contributed by atoms with van der Waals surface area (Å²) in [6, 6.07) is 3.32. The van der Waals surface area contributed by atoms with Crippen LogP contribution in [0.25, 0.3) is 11.1 Å². The molecule has 2 saturated heterocycles. The number of carbonyl (C=O) groups is 3. The Labute approximate surface area is 328 Å². The van der Waals surface area contributed by atoms with E-state index >= 15 is 0 Å². The fourth-order valence-electron chi connectivity index (χ4n) is 8.60. The second-order valence-electron chi connectivity index (χ2n) is 15.1. The summed E-state index contributed by atoms with van der Waals surface area (Å²) in [7, 11) is 3.38. The van der Waals surface area contributed by atoms with Crippen molar-refractivity contribution in [2.75, 3.05) is 62.7 Å². The van der Waals surface area contributed by atoms with Crippen LogP contribution in [0.1, 0.15) is 77.3 Å². The number of benzene rings is 1. The number of carboxylic acids is 1. The van der Waals surface area contributed by atoms with Crippen molar-refractivity contribution in [3.8, 4) is 11.1 Å². The Morgan fingerprint density at radius 3 is 2.39 bits per heavy atom. The van der Waals surface area contributed by atoms with Crippen LogP contribution < -0.4 is 15.1 Å². The van der Waals surface area contributed by atoms with Gasteiger partial charge in [-0.25, -0.2) is 28.3 Å². The predicted molar refractivity (Wildman–Crippen MR) is 205 cm³/mol. The first-order valence-corrected chi connectivity index (χ1v) is 19.6. The molecule has 18 heteroatoms. The van der Waals surface area contributed by atoms with Crippen LogP contribution in [0.5, 0.6) is 0 Å². The molecule has 7 heterocycles. The highest BCUT2D eigenvalue weighted by atomic mass is 19.3. The summed E-state index contributed by atoms with van der Waals surface area (Å²) in [6.45, 7) is 3.83. The highest BCUT2D eigenvalue weighted by molar-refractivity contribution is 5.86.